The average molecular weight is 639 g/mol. The maximum absolute atomic E-state index is 15.2. The van der Waals surface area contributed by atoms with E-state index in [1.807, 2.05) is 6.07 Å². The van der Waals surface area contributed by atoms with Crippen LogP contribution in [0.1, 0.15) is 6.42 Å². The van der Waals surface area contributed by atoms with Crippen LogP contribution in [-0.2, 0) is 9.53 Å². The number of carbonyl (C=O) groups is 1. The molecule has 2 aromatic carbocycles. The van der Waals surface area contributed by atoms with Crippen molar-refractivity contribution >= 4 is 63.1 Å². The number of methoxy groups -OCH3 is 2. The van der Waals surface area contributed by atoms with E-state index in [4.69, 9.17) is 42.1 Å². The van der Waals surface area contributed by atoms with Crippen LogP contribution in [0.25, 0.3) is 27.8 Å². The molecule has 0 unspecified atom stereocenters. The molecule has 3 aromatic heterocycles. The molecule has 6 rings (SSSR count). The van der Waals surface area contributed by atoms with Crippen LogP contribution in [0.15, 0.2) is 55.5 Å². The lowest BCUT2D eigenvalue weighted by atomic mass is 10.0. The topological polar surface area (TPSA) is 121 Å². The molecular weight excluding hydrogens is 614 g/mol. The van der Waals surface area contributed by atoms with Crippen LogP contribution in [0.5, 0.6) is 17.2 Å². The van der Waals surface area contributed by atoms with Crippen molar-refractivity contribution in [1.29, 1.82) is 0 Å². The third kappa shape index (κ3) is 5.43. The van der Waals surface area contributed by atoms with Crippen LogP contribution in [-0.4, -0.2) is 58.8 Å². The first-order valence-corrected chi connectivity index (χ1v) is 14.1. The number of hydrogen-bond acceptors (Lipinski definition) is 9. The number of nitrogens with zero attached hydrogens (tertiary/aromatic N) is 4. The van der Waals surface area contributed by atoms with E-state index >= 15 is 4.39 Å². The summed E-state index contributed by atoms with van der Waals surface area (Å²) in [5, 5.41) is 6.87. The number of hydrogen-bond donors (Lipinski definition) is 2. The number of fused-ring (bicyclic) bond motifs is 3. The second-order valence-electron chi connectivity index (χ2n) is 9.69. The molecule has 1 fully saturated rings. The number of imidazole rings is 1. The Morgan fingerprint density at radius 3 is 2.55 bits per heavy atom. The van der Waals surface area contributed by atoms with Crippen LogP contribution in [0, 0.1) is 5.82 Å². The Morgan fingerprint density at radius 2 is 1.86 bits per heavy atom. The molecule has 1 atom stereocenters. The van der Waals surface area contributed by atoms with E-state index in [9.17, 15) is 4.79 Å². The fourth-order valence-corrected chi connectivity index (χ4v) is 5.58. The van der Waals surface area contributed by atoms with Crippen LogP contribution in [0.3, 0.4) is 0 Å². The van der Waals surface area contributed by atoms with Crippen molar-refractivity contribution in [3.05, 3.63) is 71.4 Å². The monoisotopic (exact) mass is 638 g/mol. The standard InChI is InChI=1S/C30H25Cl2FN6O5/c1-4-24(40)36-20-11-21(44-16-5-8-43-14-16)18(33)10-19(20)37-30-35-13-15-9-17(29-34-6-7-39(29)28(15)38-30)25-26(31)22(41-2)12-23(42-3)27(25)32/h4,6-7,9-13,16H,1,5,8,14H2,2-3H3,(H,36,40)(H,35,37,38)/t16-/m1/s1. The van der Waals surface area contributed by atoms with Gasteiger partial charge in [-0.3, -0.25) is 9.20 Å². The van der Waals surface area contributed by atoms with E-state index in [1.165, 1.54) is 26.4 Å². The summed E-state index contributed by atoms with van der Waals surface area (Å²) in [5.41, 5.74) is 2.50. The van der Waals surface area contributed by atoms with Gasteiger partial charge in [0.1, 0.15) is 23.3 Å². The second kappa shape index (κ2) is 12.2. The predicted octanol–water partition coefficient (Wildman–Crippen LogP) is 6.44. The Labute approximate surface area is 260 Å². The van der Waals surface area contributed by atoms with Crippen molar-refractivity contribution < 1.29 is 28.1 Å². The number of ether oxygens (including phenoxy) is 4. The summed E-state index contributed by atoms with van der Waals surface area (Å²) < 4.78 is 38.9. The normalized spacial score (nSPS) is 14.5. The zero-order chi connectivity index (χ0) is 31.0. The van der Waals surface area contributed by atoms with Crippen LogP contribution < -0.4 is 24.8 Å². The van der Waals surface area contributed by atoms with Gasteiger partial charge in [-0.05, 0) is 12.1 Å². The Bertz CT molecular complexity index is 1900. The molecule has 1 aliphatic rings. The second-order valence-corrected chi connectivity index (χ2v) is 10.4. The van der Waals surface area contributed by atoms with Crippen molar-refractivity contribution in [2.45, 2.75) is 12.5 Å². The minimum atomic E-state index is -0.638. The molecule has 0 aliphatic carbocycles. The van der Waals surface area contributed by atoms with Crippen molar-refractivity contribution in [3.8, 4) is 28.4 Å². The molecule has 11 nitrogen and oxygen atoms in total. The Morgan fingerprint density at radius 1 is 1.09 bits per heavy atom. The number of aromatic nitrogens is 4. The molecular formula is C30H25Cl2FN6O5. The lowest BCUT2D eigenvalue weighted by Crippen LogP contribution is -2.17. The molecule has 2 N–H and O–H groups in total. The molecule has 1 saturated heterocycles. The number of pyridine rings is 1. The number of halogens is 3. The van der Waals surface area contributed by atoms with E-state index in [1.54, 1.807) is 29.1 Å². The summed E-state index contributed by atoms with van der Waals surface area (Å²) in [6.07, 6.45) is 6.37. The van der Waals surface area contributed by atoms with Crippen LogP contribution in [0.2, 0.25) is 10.0 Å². The summed E-state index contributed by atoms with van der Waals surface area (Å²) in [5.74, 6) is -0.268. The quantitative estimate of drug-likeness (QED) is 0.176. The van der Waals surface area contributed by atoms with Gasteiger partial charge in [-0.2, -0.15) is 4.98 Å². The largest absolute Gasteiger partial charge is 0.495 e. The zero-order valence-corrected chi connectivity index (χ0v) is 25.0. The number of benzene rings is 2. The van der Waals surface area contributed by atoms with E-state index in [0.29, 0.717) is 58.9 Å². The van der Waals surface area contributed by atoms with Gasteiger partial charge < -0.3 is 29.6 Å². The molecule has 0 spiro atoms. The fraction of sp³-hybridized carbons (Fsp3) is 0.200. The Kier molecular flexibility index (Phi) is 8.13. The molecule has 4 heterocycles. The first-order valence-electron chi connectivity index (χ1n) is 13.3. The SMILES string of the molecule is C=CC(=O)Nc1cc(O[C@@H]2CCOC2)c(F)cc1Nc1ncc2cc(-c3c(Cl)c(OC)cc(OC)c3Cl)c3nccn3c2n1. The van der Waals surface area contributed by atoms with Crippen molar-refractivity contribution in [3.63, 3.8) is 0 Å². The van der Waals surface area contributed by atoms with Crippen molar-refractivity contribution in [2.24, 2.45) is 0 Å². The van der Waals surface area contributed by atoms with Gasteiger partial charge in [-0.15, -0.1) is 0 Å². The molecule has 226 valence electrons. The van der Waals surface area contributed by atoms with Gasteiger partial charge in [0.2, 0.25) is 11.9 Å². The van der Waals surface area contributed by atoms with Gasteiger partial charge in [-0.25, -0.2) is 14.4 Å². The summed E-state index contributed by atoms with van der Waals surface area (Å²) in [6.45, 7) is 4.38. The van der Waals surface area contributed by atoms with Crippen LogP contribution in [0.4, 0.5) is 21.7 Å². The van der Waals surface area contributed by atoms with Gasteiger partial charge in [-0.1, -0.05) is 29.8 Å². The third-order valence-corrected chi connectivity index (χ3v) is 7.74. The first kappa shape index (κ1) is 29.4. The van der Waals surface area contributed by atoms with E-state index in [2.05, 4.69) is 32.2 Å². The maximum Gasteiger partial charge on any atom is 0.247 e. The highest BCUT2D eigenvalue weighted by molar-refractivity contribution is 6.41. The molecule has 5 aromatic rings. The number of carbonyl (C=O) groups excluding carboxylic acids is 1. The maximum atomic E-state index is 15.2. The summed E-state index contributed by atoms with van der Waals surface area (Å²) >= 11 is 13.4. The average Bonchev–Trinajstić information content (AvgIpc) is 3.73. The molecule has 14 heteroatoms. The highest BCUT2D eigenvalue weighted by atomic mass is 35.5. The zero-order valence-electron chi connectivity index (χ0n) is 23.5. The smallest absolute Gasteiger partial charge is 0.247 e. The summed E-state index contributed by atoms with van der Waals surface area (Å²) in [6, 6.07) is 6.01. The van der Waals surface area contributed by atoms with Gasteiger partial charge >= 0.3 is 0 Å². The van der Waals surface area contributed by atoms with Crippen LogP contribution >= 0.6 is 23.2 Å². The highest BCUT2D eigenvalue weighted by Gasteiger charge is 2.24. The minimum Gasteiger partial charge on any atom is -0.495 e. The van der Waals surface area contributed by atoms with E-state index in [0.717, 1.165) is 6.08 Å². The van der Waals surface area contributed by atoms with E-state index < -0.39 is 11.7 Å². The molecule has 1 amide bonds. The predicted molar refractivity (Wildman–Crippen MR) is 165 cm³/mol. The molecule has 0 bridgehead atoms. The van der Waals surface area contributed by atoms with Gasteiger partial charge in [0.05, 0.1) is 48.9 Å². The minimum absolute atomic E-state index is 0.0241. The van der Waals surface area contributed by atoms with Gasteiger partial charge in [0.15, 0.2) is 17.2 Å². The lowest BCUT2D eigenvalue weighted by Gasteiger charge is -2.18. The number of anilines is 3. The van der Waals surface area contributed by atoms with Crippen molar-refractivity contribution in [2.75, 3.05) is 38.1 Å². The molecule has 44 heavy (non-hydrogen) atoms. The molecule has 1 aliphatic heterocycles. The van der Waals surface area contributed by atoms with Gasteiger partial charge in [0.25, 0.3) is 0 Å². The number of nitrogens with one attached hydrogen (secondary N) is 2. The lowest BCUT2D eigenvalue weighted by molar-refractivity contribution is -0.111. The van der Waals surface area contributed by atoms with Crippen molar-refractivity contribution in [1.82, 2.24) is 19.4 Å². The molecule has 0 radical (unpaired) electrons. The van der Waals surface area contributed by atoms with E-state index in [-0.39, 0.29) is 39.2 Å². The third-order valence-electron chi connectivity index (χ3n) is 6.99. The van der Waals surface area contributed by atoms with Gasteiger partial charge in [0, 0.05) is 59.7 Å². The fourth-order valence-electron chi connectivity index (χ4n) is 4.88. The Balaban J connectivity index is 1.42. The highest BCUT2D eigenvalue weighted by Crippen LogP contribution is 2.47. The Hall–Kier alpha value is -4.65. The first-order chi connectivity index (χ1) is 21.3. The summed E-state index contributed by atoms with van der Waals surface area (Å²) in [7, 11) is 2.99. The summed E-state index contributed by atoms with van der Waals surface area (Å²) in [4.78, 5) is 25.9. The molecule has 0 saturated carbocycles. The number of rotatable bonds is 9. The number of amides is 1.